The number of benzene rings is 3. The van der Waals surface area contributed by atoms with Gasteiger partial charge >= 0.3 is 0 Å². The molecule has 0 aliphatic carbocycles. The third-order valence-electron chi connectivity index (χ3n) is 4.26. The van der Waals surface area contributed by atoms with Gasteiger partial charge in [0.05, 0.1) is 5.69 Å². The van der Waals surface area contributed by atoms with Gasteiger partial charge in [-0.15, -0.1) is 5.10 Å². The van der Waals surface area contributed by atoms with Crippen molar-refractivity contribution in [1.29, 1.82) is 0 Å². The summed E-state index contributed by atoms with van der Waals surface area (Å²) < 4.78 is 14.9. The molecule has 1 amide bonds. The average molecular weight is 419 g/mol. The van der Waals surface area contributed by atoms with Gasteiger partial charge in [0.15, 0.2) is 0 Å². The highest BCUT2D eigenvalue weighted by Crippen LogP contribution is 2.30. The van der Waals surface area contributed by atoms with Crippen LogP contribution in [-0.4, -0.2) is 25.8 Å². The fraction of sp³-hybridized carbons (Fsp3) is 0. The van der Waals surface area contributed by atoms with Crippen molar-refractivity contribution in [1.82, 2.24) is 10.2 Å². The second-order valence-corrected chi connectivity index (χ2v) is 6.99. The minimum absolute atomic E-state index is 0.134. The van der Waals surface area contributed by atoms with Crippen LogP contribution in [0.25, 0.3) is 11.3 Å². The maximum Gasteiger partial charge on any atom is 0.255 e. The van der Waals surface area contributed by atoms with Crippen molar-refractivity contribution in [2.24, 2.45) is 0 Å². The summed E-state index contributed by atoms with van der Waals surface area (Å²) in [7, 11) is 0. The molecule has 0 radical (unpaired) electrons. The first-order valence-corrected chi connectivity index (χ1v) is 9.74. The standard InChI is InChI=1S/C22H17N3O4S/c26-20-10-2-1-9-18(20)19-13-21(25-24-19)29-16-7-3-5-14(11-16)22(27)23-15-6-4-8-17(12-15)30-28/h1-13,26,28H,(H,23,27)(H,24,25). The molecule has 0 unspecified atom stereocenters. The van der Waals surface area contributed by atoms with Crippen LogP contribution < -0.4 is 10.1 Å². The van der Waals surface area contributed by atoms with Crippen molar-refractivity contribution >= 4 is 23.6 Å². The first kappa shape index (κ1) is 19.6. The van der Waals surface area contributed by atoms with Gasteiger partial charge in [0.1, 0.15) is 11.5 Å². The number of nitrogens with one attached hydrogen (secondary N) is 2. The fourth-order valence-corrected chi connectivity index (χ4v) is 3.17. The Morgan fingerprint density at radius 1 is 1.00 bits per heavy atom. The van der Waals surface area contributed by atoms with Crippen molar-refractivity contribution in [2.45, 2.75) is 4.90 Å². The van der Waals surface area contributed by atoms with E-state index >= 15 is 0 Å². The van der Waals surface area contributed by atoms with Crippen molar-refractivity contribution in [2.75, 3.05) is 5.32 Å². The lowest BCUT2D eigenvalue weighted by Gasteiger charge is -2.08. The van der Waals surface area contributed by atoms with Crippen LogP contribution in [-0.2, 0) is 0 Å². The minimum atomic E-state index is -0.308. The minimum Gasteiger partial charge on any atom is -0.507 e. The van der Waals surface area contributed by atoms with Gasteiger partial charge in [0.2, 0.25) is 5.88 Å². The van der Waals surface area contributed by atoms with Crippen molar-refractivity contribution in [3.63, 3.8) is 0 Å². The van der Waals surface area contributed by atoms with E-state index in [1.165, 1.54) is 0 Å². The summed E-state index contributed by atoms with van der Waals surface area (Å²) in [5.41, 5.74) is 2.20. The van der Waals surface area contributed by atoms with Gasteiger partial charge in [-0.25, -0.2) is 0 Å². The first-order chi connectivity index (χ1) is 14.6. The molecule has 4 rings (SSSR count). The zero-order valence-electron chi connectivity index (χ0n) is 15.6. The van der Waals surface area contributed by atoms with Crippen LogP contribution in [0.2, 0.25) is 0 Å². The molecule has 4 aromatic rings. The SMILES string of the molecule is O=C(Nc1cccc(SO)c1)c1cccc(Oc2cc(-c3ccccc3O)[nH]n2)c1. The molecular formula is C22H17N3O4S. The lowest BCUT2D eigenvalue weighted by Crippen LogP contribution is -2.11. The molecule has 0 atom stereocenters. The normalized spacial score (nSPS) is 10.6. The molecule has 0 aliphatic rings. The van der Waals surface area contributed by atoms with Crippen LogP contribution >= 0.6 is 12.0 Å². The zero-order valence-corrected chi connectivity index (χ0v) is 16.4. The monoisotopic (exact) mass is 419 g/mol. The fourth-order valence-electron chi connectivity index (χ4n) is 2.85. The number of amides is 1. The summed E-state index contributed by atoms with van der Waals surface area (Å²) in [4.78, 5) is 13.2. The van der Waals surface area contributed by atoms with Gasteiger partial charge in [-0.2, -0.15) is 0 Å². The molecule has 3 aromatic carbocycles. The van der Waals surface area contributed by atoms with Crippen LogP contribution in [0, 0.1) is 0 Å². The number of phenols is 1. The van der Waals surface area contributed by atoms with Gasteiger partial charge in [-0.05, 0) is 48.5 Å². The number of nitrogens with zero attached hydrogens (tertiary/aromatic N) is 1. The molecular weight excluding hydrogens is 402 g/mol. The molecule has 30 heavy (non-hydrogen) atoms. The molecule has 8 heteroatoms. The molecule has 0 bridgehead atoms. The van der Waals surface area contributed by atoms with Crippen LogP contribution in [0.1, 0.15) is 10.4 Å². The number of H-pyrrole nitrogens is 1. The van der Waals surface area contributed by atoms with E-state index < -0.39 is 0 Å². The Kier molecular flexibility index (Phi) is 5.69. The summed E-state index contributed by atoms with van der Waals surface area (Å²) in [5, 5.41) is 19.7. The van der Waals surface area contributed by atoms with Gasteiger partial charge in [-0.3, -0.25) is 9.89 Å². The highest BCUT2D eigenvalue weighted by molar-refractivity contribution is 7.93. The van der Waals surface area contributed by atoms with Crippen molar-refractivity contribution in [3.05, 3.63) is 84.4 Å². The predicted molar refractivity (Wildman–Crippen MR) is 115 cm³/mol. The quantitative estimate of drug-likeness (QED) is 0.312. The number of aromatic amines is 1. The number of aromatic hydroxyl groups is 1. The highest BCUT2D eigenvalue weighted by Gasteiger charge is 2.11. The van der Waals surface area contributed by atoms with E-state index in [0.717, 1.165) is 0 Å². The second kappa shape index (κ2) is 8.73. The number of carbonyl (C=O) groups excluding carboxylic acids is 1. The summed E-state index contributed by atoms with van der Waals surface area (Å²) >= 11 is 0.614. The van der Waals surface area contributed by atoms with Crippen molar-refractivity contribution in [3.8, 4) is 28.6 Å². The summed E-state index contributed by atoms with van der Waals surface area (Å²) in [5.74, 6) is 0.573. The summed E-state index contributed by atoms with van der Waals surface area (Å²) in [6, 6.07) is 22.2. The number of ether oxygens (including phenoxy) is 1. The number of hydrogen-bond acceptors (Lipinski definition) is 6. The van der Waals surface area contributed by atoms with E-state index in [-0.39, 0.29) is 11.7 Å². The molecule has 0 spiro atoms. The van der Waals surface area contributed by atoms with Gasteiger partial charge in [0.25, 0.3) is 5.91 Å². The third-order valence-corrected chi connectivity index (χ3v) is 4.73. The second-order valence-electron chi connectivity index (χ2n) is 6.34. The van der Waals surface area contributed by atoms with Crippen LogP contribution in [0.4, 0.5) is 5.69 Å². The number of hydrogen-bond donors (Lipinski definition) is 4. The molecule has 1 aromatic heterocycles. The highest BCUT2D eigenvalue weighted by atomic mass is 32.2. The number of aromatic nitrogens is 2. The smallest absolute Gasteiger partial charge is 0.255 e. The summed E-state index contributed by atoms with van der Waals surface area (Å²) in [6.07, 6.45) is 0. The first-order valence-electron chi connectivity index (χ1n) is 8.97. The van der Waals surface area contributed by atoms with E-state index in [1.807, 2.05) is 6.07 Å². The Hall–Kier alpha value is -3.75. The Morgan fingerprint density at radius 2 is 1.83 bits per heavy atom. The molecule has 150 valence electrons. The molecule has 0 fully saturated rings. The van der Waals surface area contributed by atoms with Gasteiger partial charge in [-0.1, -0.05) is 24.3 Å². The molecule has 0 saturated heterocycles. The average Bonchev–Trinajstić information content (AvgIpc) is 3.22. The largest absolute Gasteiger partial charge is 0.507 e. The van der Waals surface area contributed by atoms with Crippen molar-refractivity contribution < 1.29 is 19.2 Å². The number of phenolic OH excluding ortho intramolecular Hbond substituents is 1. The third kappa shape index (κ3) is 4.45. The van der Waals surface area contributed by atoms with Crippen LogP contribution in [0.15, 0.2) is 83.8 Å². The number of para-hydroxylation sites is 1. The van der Waals surface area contributed by atoms with E-state index in [9.17, 15) is 9.90 Å². The van der Waals surface area contributed by atoms with Crippen LogP contribution in [0.5, 0.6) is 17.4 Å². The van der Waals surface area contributed by atoms with E-state index in [2.05, 4.69) is 15.5 Å². The number of rotatable bonds is 6. The Balaban J connectivity index is 1.48. The predicted octanol–water partition coefficient (Wildman–Crippen LogP) is 5.39. The maximum atomic E-state index is 12.6. The lowest BCUT2D eigenvalue weighted by molar-refractivity contribution is 0.102. The van der Waals surface area contributed by atoms with E-state index in [0.29, 0.717) is 51.1 Å². The summed E-state index contributed by atoms with van der Waals surface area (Å²) in [6.45, 7) is 0. The Labute approximate surface area is 176 Å². The Morgan fingerprint density at radius 3 is 2.67 bits per heavy atom. The van der Waals surface area contributed by atoms with E-state index in [4.69, 9.17) is 9.29 Å². The number of anilines is 1. The zero-order chi connectivity index (χ0) is 20.9. The number of carbonyl (C=O) groups is 1. The lowest BCUT2D eigenvalue weighted by atomic mass is 10.1. The molecule has 7 nitrogen and oxygen atoms in total. The molecule has 0 aliphatic heterocycles. The van der Waals surface area contributed by atoms with Crippen LogP contribution in [0.3, 0.4) is 0 Å². The van der Waals surface area contributed by atoms with E-state index in [1.54, 1.807) is 72.8 Å². The van der Waals surface area contributed by atoms with Gasteiger partial charge in [0, 0.05) is 39.8 Å². The molecule has 4 N–H and O–H groups in total. The molecule has 1 heterocycles. The Bertz CT molecular complexity index is 1190. The topological polar surface area (TPSA) is 107 Å². The maximum absolute atomic E-state index is 12.6. The molecule has 0 saturated carbocycles. The van der Waals surface area contributed by atoms with Gasteiger partial charge < -0.3 is 19.7 Å².